The van der Waals surface area contributed by atoms with Gasteiger partial charge in [-0.1, -0.05) is 0 Å². The largest absolute Gasteiger partial charge is 1.00 e. The molecule has 0 saturated heterocycles. The van der Waals surface area contributed by atoms with Crippen molar-refractivity contribution in [2.75, 3.05) is 0 Å². The molecule has 0 aliphatic rings. The molecule has 0 aromatic carbocycles. The summed E-state index contributed by atoms with van der Waals surface area (Å²) in [7, 11) is 0. The summed E-state index contributed by atoms with van der Waals surface area (Å²) in [4.78, 5) is 0. The first kappa shape index (κ1) is 7.69. The van der Waals surface area contributed by atoms with Crippen LogP contribution in [0.25, 0.3) is 0 Å². The van der Waals surface area contributed by atoms with Crippen molar-refractivity contribution in [2.45, 2.75) is 0 Å². The van der Waals surface area contributed by atoms with Crippen molar-refractivity contribution >= 4 is 15.9 Å². The number of H-pyrrole nitrogens is 1. The first-order chi connectivity index (χ1) is 2.89. The van der Waals surface area contributed by atoms with Gasteiger partial charge in [-0.25, -0.2) is 0 Å². The summed E-state index contributed by atoms with van der Waals surface area (Å²) in [5.41, 5.74) is 0. The molecule has 4 heteroatoms. The van der Waals surface area contributed by atoms with Gasteiger partial charge in [0.15, 0.2) is 0 Å². The van der Waals surface area contributed by atoms with E-state index in [-0.39, 0.29) is 31.0 Å². The van der Waals surface area contributed by atoms with Gasteiger partial charge in [-0.2, -0.15) is 5.10 Å². The molecule has 0 unspecified atom stereocenters. The molecule has 0 saturated carbocycles. The smallest absolute Gasteiger partial charge is 1.00 e. The topological polar surface area (TPSA) is 28.7 Å². The maximum atomic E-state index is 3.65. The van der Waals surface area contributed by atoms with Crippen molar-refractivity contribution < 1.29 is 31.0 Å². The number of hydrogen-bond donors (Lipinski definition) is 1. The van der Waals surface area contributed by atoms with E-state index in [9.17, 15) is 0 Å². The summed E-state index contributed by atoms with van der Waals surface area (Å²) >= 11 is 3.16. The van der Waals surface area contributed by atoms with Gasteiger partial charge in [0.1, 0.15) is 4.60 Å². The molecular weight excluding hydrogens is 167 g/mol. The van der Waals surface area contributed by atoms with E-state index in [1.807, 2.05) is 6.07 Å². The van der Waals surface area contributed by atoms with Crippen LogP contribution in [0.3, 0.4) is 0 Å². The summed E-state index contributed by atoms with van der Waals surface area (Å²) in [6.45, 7) is 0. The van der Waals surface area contributed by atoms with Crippen molar-refractivity contribution in [1.29, 1.82) is 0 Å². The number of halogens is 1. The van der Waals surface area contributed by atoms with Crippen molar-refractivity contribution in [2.24, 2.45) is 0 Å². The van der Waals surface area contributed by atoms with Crippen LogP contribution < -0.4 is 29.6 Å². The molecule has 1 aromatic heterocycles. The summed E-state index contributed by atoms with van der Waals surface area (Å²) in [6, 6.07) is 1.83. The Kier molecular flexibility index (Phi) is 4.02. The fraction of sp³-hybridized carbons (Fsp3) is 0. The molecule has 7 heavy (non-hydrogen) atoms. The zero-order valence-corrected chi connectivity index (χ0v) is 7.57. The molecule has 1 rings (SSSR count). The van der Waals surface area contributed by atoms with E-state index in [1.54, 1.807) is 6.20 Å². The van der Waals surface area contributed by atoms with Gasteiger partial charge in [-0.05, 0) is 22.0 Å². The van der Waals surface area contributed by atoms with Crippen LogP contribution in [0, 0.1) is 0 Å². The van der Waals surface area contributed by atoms with Crippen LogP contribution in [0.4, 0.5) is 0 Å². The summed E-state index contributed by atoms with van der Waals surface area (Å²) in [6.07, 6.45) is 1.68. The molecule has 0 amide bonds. The quantitative estimate of drug-likeness (QED) is 0.462. The van der Waals surface area contributed by atoms with Crippen LogP contribution in [0.1, 0.15) is 1.43 Å². The van der Waals surface area contributed by atoms with Crippen molar-refractivity contribution in [1.82, 2.24) is 10.2 Å². The minimum absolute atomic E-state index is 0. The van der Waals surface area contributed by atoms with Gasteiger partial charge in [0, 0.05) is 6.20 Å². The van der Waals surface area contributed by atoms with E-state index in [0.29, 0.717) is 0 Å². The Morgan fingerprint density at radius 3 is 2.71 bits per heavy atom. The predicted molar refractivity (Wildman–Crippen MR) is 27.4 cm³/mol. The van der Waals surface area contributed by atoms with E-state index in [1.165, 1.54) is 0 Å². The Bertz CT molecular complexity index is 121. The second-order valence-corrected chi connectivity index (χ2v) is 1.76. The fourth-order valence-corrected chi connectivity index (χ4v) is 0.459. The van der Waals surface area contributed by atoms with E-state index in [0.717, 1.165) is 4.60 Å². The number of hydrogen-bond acceptors (Lipinski definition) is 1. The second-order valence-electron chi connectivity index (χ2n) is 0.905. The summed E-state index contributed by atoms with van der Waals surface area (Å²) in [5.74, 6) is 0. The number of aromatic amines is 1. The average molecular weight is 171 g/mol. The first-order valence-electron chi connectivity index (χ1n) is 1.54. The monoisotopic (exact) mass is 170 g/mol. The predicted octanol–water partition coefficient (Wildman–Crippen LogP) is -1.71. The molecule has 1 aromatic rings. The van der Waals surface area contributed by atoms with Crippen LogP contribution in [-0.4, -0.2) is 10.2 Å². The van der Waals surface area contributed by atoms with Gasteiger partial charge in [-0.3, -0.25) is 5.10 Å². The van der Waals surface area contributed by atoms with E-state index in [2.05, 4.69) is 26.1 Å². The molecule has 2 nitrogen and oxygen atoms in total. The molecule has 0 bridgehead atoms. The van der Waals surface area contributed by atoms with Gasteiger partial charge < -0.3 is 1.43 Å². The zero-order chi connectivity index (χ0) is 4.41. The van der Waals surface area contributed by atoms with Gasteiger partial charge >= 0.3 is 29.6 Å². The standard InChI is InChI=1S/C3H3BrN2.Na.H/c4-3-1-2-5-6-3;;/h1-2H,(H,5,6);;/q;+1;-1. The molecule has 0 fully saturated rings. The second kappa shape index (κ2) is 3.66. The maximum absolute atomic E-state index is 3.65. The molecule has 1 heterocycles. The fourth-order valence-electron chi connectivity index (χ4n) is 0.239. The van der Waals surface area contributed by atoms with Gasteiger partial charge in [0.05, 0.1) is 0 Å². The first-order valence-corrected chi connectivity index (χ1v) is 2.34. The van der Waals surface area contributed by atoms with E-state index >= 15 is 0 Å². The van der Waals surface area contributed by atoms with Crippen molar-refractivity contribution in [3.05, 3.63) is 16.9 Å². The Hall–Kier alpha value is 0.690. The maximum Gasteiger partial charge on any atom is 1.00 e. The SMILES string of the molecule is Brc1ccn[nH]1.[H-].[Na+]. The molecule has 1 N–H and O–H groups in total. The zero-order valence-electron chi connectivity index (χ0n) is 4.98. The third-order valence-corrected chi connectivity index (χ3v) is 0.908. The Balaban J connectivity index is 0. The number of nitrogens with one attached hydrogen (secondary N) is 1. The number of nitrogens with zero attached hydrogens (tertiary/aromatic N) is 1. The Labute approximate surface area is 73.6 Å². The van der Waals surface area contributed by atoms with Gasteiger partial charge in [0.2, 0.25) is 0 Å². The van der Waals surface area contributed by atoms with Crippen molar-refractivity contribution in [3.63, 3.8) is 0 Å². The van der Waals surface area contributed by atoms with Crippen LogP contribution in [0.5, 0.6) is 0 Å². The average Bonchev–Trinajstić information content (AvgIpc) is 1.86. The normalized spacial score (nSPS) is 7.57. The molecule has 0 spiro atoms. The van der Waals surface area contributed by atoms with Crippen LogP contribution in [0.2, 0.25) is 0 Å². The molecule has 0 aliphatic heterocycles. The van der Waals surface area contributed by atoms with Crippen LogP contribution >= 0.6 is 15.9 Å². The van der Waals surface area contributed by atoms with Crippen molar-refractivity contribution in [3.8, 4) is 0 Å². The molecule has 0 aliphatic carbocycles. The van der Waals surface area contributed by atoms with E-state index < -0.39 is 0 Å². The Morgan fingerprint density at radius 2 is 2.57 bits per heavy atom. The molecule has 34 valence electrons. The van der Waals surface area contributed by atoms with Crippen LogP contribution in [-0.2, 0) is 0 Å². The van der Waals surface area contributed by atoms with Gasteiger partial charge in [-0.15, -0.1) is 0 Å². The minimum Gasteiger partial charge on any atom is -1.00 e. The molecular formula is C3H4BrN2Na. The third-order valence-electron chi connectivity index (χ3n) is 0.467. The Morgan fingerprint density at radius 1 is 1.86 bits per heavy atom. The minimum atomic E-state index is 0. The number of aromatic nitrogens is 2. The number of rotatable bonds is 0. The molecule has 0 radical (unpaired) electrons. The third kappa shape index (κ3) is 2.49. The summed E-state index contributed by atoms with van der Waals surface area (Å²) in [5, 5.41) is 6.32. The summed E-state index contributed by atoms with van der Waals surface area (Å²) < 4.78 is 0.919. The molecule has 0 atom stereocenters. The van der Waals surface area contributed by atoms with E-state index in [4.69, 9.17) is 0 Å². The van der Waals surface area contributed by atoms with Crippen LogP contribution in [0.15, 0.2) is 16.9 Å². The van der Waals surface area contributed by atoms with Gasteiger partial charge in [0.25, 0.3) is 0 Å².